The molecule has 1 atom stereocenters. The van der Waals surface area contributed by atoms with Crippen LogP contribution in [0.5, 0.6) is 0 Å². The van der Waals surface area contributed by atoms with Crippen LogP contribution in [0.25, 0.3) is 0 Å². The molecule has 122 valence electrons. The molecule has 1 rings (SSSR count). The molecule has 21 heavy (non-hydrogen) atoms. The maximum absolute atomic E-state index is 11.8. The Labute approximate surface area is 128 Å². The lowest BCUT2D eigenvalue weighted by Gasteiger charge is -2.39. The van der Waals surface area contributed by atoms with E-state index in [0.29, 0.717) is 25.9 Å². The summed E-state index contributed by atoms with van der Waals surface area (Å²) in [7, 11) is -3.20. The van der Waals surface area contributed by atoms with Crippen LogP contribution in [-0.2, 0) is 19.6 Å². The van der Waals surface area contributed by atoms with Crippen molar-refractivity contribution in [3.05, 3.63) is 0 Å². The molecule has 0 bridgehead atoms. The van der Waals surface area contributed by atoms with Crippen molar-refractivity contribution in [2.24, 2.45) is 11.3 Å². The van der Waals surface area contributed by atoms with Crippen molar-refractivity contribution >= 4 is 16.0 Å². The van der Waals surface area contributed by atoms with Crippen LogP contribution in [0.1, 0.15) is 40.5 Å². The second-order valence-electron chi connectivity index (χ2n) is 5.13. The number of nitrogens with zero attached hydrogens (tertiary/aromatic N) is 2. The van der Waals surface area contributed by atoms with Gasteiger partial charge in [0.1, 0.15) is 5.92 Å². The molecule has 0 aromatic heterocycles. The van der Waals surface area contributed by atoms with Crippen molar-refractivity contribution in [2.45, 2.75) is 40.5 Å². The second kappa shape index (κ2) is 8.35. The second-order valence-corrected chi connectivity index (χ2v) is 7.11. The van der Waals surface area contributed by atoms with Crippen LogP contribution >= 0.6 is 0 Å². The highest BCUT2D eigenvalue weighted by atomic mass is 32.2. The molecule has 0 aromatic rings. The lowest BCUT2D eigenvalue weighted by atomic mass is 9.71. The first-order valence-corrected chi connectivity index (χ1v) is 9.11. The van der Waals surface area contributed by atoms with E-state index in [1.807, 2.05) is 26.8 Å². The molecule has 0 amide bonds. The van der Waals surface area contributed by atoms with Gasteiger partial charge < -0.3 is 4.74 Å². The fourth-order valence-electron chi connectivity index (χ4n) is 2.34. The SMILES string of the molecule is CC.CCOC(=O)C(C#N)C1(C)CCN(S(C)(=O)=O)CC1. The van der Waals surface area contributed by atoms with Gasteiger partial charge in [-0.05, 0) is 25.2 Å². The van der Waals surface area contributed by atoms with Crippen LogP contribution in [-0.4, -0.2) is 44.6 Å². The molecule has 1 fully saturated rings. The third-order valence-electron chi connectivity index (χ3n) is 3.68. The Balaban J connectivity index is 0.00000191. The average Bonchev–Trinajstić information content (AvgIpc) is 2.41. The van der Waals surface area contributed by atoms with Gasteiger partial charge in [0.2, 0.25) is 10.0 Å². The summed E-state index contributed by atoms with van der Waals surface area (Å²) in [6, 6.07) is 2.01. The first-order chi connectivity index (χ1) is 9.74. The minimum absolute atomic E-state index is 0.239. The van der Waals surface area contributed by atoms with Gasteiger partial charge in [0.25, 0.3) is 0 Å². The van der Waals surface area contributed by atoms with Gasteiger partial charge in [0.15, 0.2) is 0 Å². The van der Waals surface area contributed by atoms with Crippen molar-refractivity contribution in [2.75, 3.05) is 26.0 Å². The molecule has 0 saturated carbocycles. The summed E-state index contributed by atoms with van der Waals surface area (Å²) >= 11 is 0. The van der Waals surface area contributed by atoms with Gasteiger partial charge in [-0.25, -0.2) is 12.7 Å². The predicted molar refractivity (Wildman–Crippen MR) is 80.8 cm³/mol. The van der Waals surface area contributed by atoms with Crippen LogP contribution < -0.4 is 0 Å². The smallest absolute Gasteiger partial charge is 0.323 e. The quantitative estimate of drug-likeness (QED) is 0.737. The summed E-state index contributed by atoms with van der Waals surface area (Å²) in [4.78, 5) is 11.8. The summed E-state index contributed by atoms with van der Waals surface area (Å²) in [5.74, 6) is -1.35. The van der Waals surface area contributed by atoms with E-state index in [4.69, 9.17) is 4.74 Å². The first-order valence-electron chi connectivity index (χ1n) is 7.26. The summed E-state index contributed by atoms with van der Waals surface area (Å²) in [6.07, 6.45) is 2.14. The highest BCUT2D eigenvalue weighted by Gasteiger charge is 2.43. The number of piperidine rings is 1. The van der Waals surface area contributed by atoms with E-state index in [1.165, 1.54) is 10.6 Å². The standard InChI is InChI=1S/C12H20N2O4S.C2H6/c1-4-18-11(15)10(9-13)12(2)5-7-14(8-6-12)19(3,16)17;1-2/h10H,4-8H2,1-3H3;1-2H3. The minimum atomic E-state index is -3.20. The van der Waals surface area contributed by atoms with Crippen LogP contribution in [0, 0.1) is 22.7 Å². The predicted octanol–water partition coefficient (Wildman–Crippen LogP) is 1.78. The monoisotopic (exact) mass is 318 g/mol. The summed E-state index contributed by atoms with van der Waals surface area (Å²) in [5.41, 5.74) is -0.526. The van der Waals surface area contributed by atoms with E-state index in [0.717, 1.165) is 0 Å². The van der Waals surface area contributed by atoms with Gasteiger partial charge in [-0.3, -0.25) is 4.79 Å². The maximum atomic E-state index is 11.8. The number of hydrogen-bond donors (Lipinski definition) is 0. The molecule has 1 aliphatic heterocycles. The topological polar surface area (TPSA) is 87.5 Å². The zero-order valence-electron chi connectivity index (χ0n) is 13.5. The summed E-state index contributed by atoms with van der Waals surface area (Å²) in [5, 5.41) is 9.18. The molecular weight excluding hydrogens is 292 g/mol. The van der Waals surface area contributed by atoms with E-state index >= 15 is 0 Å². The van der Waals surface area contributed by atoms with E-state index in [9.17, 15) is 18.5 Å². The molecule has 0 aliphatic carbocycles. The highest BCUT2D eigenvalue weighted by Crippen LogP contribution is 2.39. The van der Waals surface area contributed by atoms with Gasteiger partial charge in [-0.1, -0.05) is 20.8 Å². The van der Waals surface area contributed by atoms with Gasteiger partial charge in [-0.2, -0.15) is 5.26 Å². The molecular formula is C14H26N2O4S. The van der Waals surface area contributed by atoms with Crippen molar-refractivity contribution in [1.82, 2.24) is 4.31 Å². The van der Waals surface area contributed by atoms with Crippen LogP contribution in [0.2, 0.25) is 0 Å². The molecule has 0 aromatic carbocycles. The molecule has 0 N–H and O–H groups in total. The Morgan fingerprint density at radius 3 is 2.19 bits per heavy atom. The summed E-state index contributed by atoms with van der Waals surface area (Å²) < 4.78 is 29.2. The van der Waals surface area contributed by atoms with Gasteiger partial charge in [0.05, 0.1) is 18.9 Å². The number of ether oxygens (including phenoxy) is 1. The number of sulfonamides is 1. The molecule has 1 heterocycles. The van der Waals surface area contributed by atoms with E-state index < -0.39 is 27.3 Å². The Kier molecular flexibility index (Phi) is 7.90. The maximum Gasteiger partial charge on any atom is 0.323 e. The number of esters is 1. The minimum Gasteiger partial charge on any atom is -0.465 e. The normalized spacial score (nSPS) is 19.6. The summed E-state index contributed by atoms with van der Waals surface area (Å²) in [6.45, 7) is 8.46. The van der Waals surface area contributed by atoms with Gasteiger partial charge in [0, 0.05) is 13.1 Å². The lowest BCUT2D eigenvalue weighted by Crippen LogP contribution is -2.46. The number of carbonyl (C=O) groups is 1. The Hall–Kier alpha value is -1.13. The van der Waals surface area contributed by atoms with E-state index in [2.05, 4.69) is 0 Å². The van der Waals surface area contributed by atoms with Crippen molar-refractivity contribution < 1.29 is 17.9 Å². The molecule has 6 nitrogen and oxygen atoms in total. The lowest BCUT2D eigenvalue weighted by molar-refractivity contribution is -0.150. The third-order valence-corrected chi connectivity index (χ3v) is 4.99. The molecule has 1 aliphatic rings. The molecule has 7 heteroatoms. The number of rotatable bonds is 4. The number of nitriles is 1. The van der Waals surface area contributed by atoms with Gasteiger partial charge >= 0.3 is 5.97 Å². The molecule has 0 radical (unpaired) electrons. The van der Waals surface area contributed by atoms with Gasteiger partial charge in [-0.15, -0.1) is 0 Å². The fraction of sp³-hybridized carbons (Fsp3) is 0.857. The zero-order chi connectivity index (χ0) is 16.7. The van der Waals surface area contributed by atoms with Crippen molar-refractivity contribution in [3.63, 3.8) is 0 Å². The first kappa shape index (κ1) is 19.9. The van der Waals surface area contributed by atoms with Crippen LogP contribution in [0.3, 0.4) is 0 Å². The zero-order valence-corrected chi connectivity index (χ0v) is 14.4. The fourth-order valence-corrected chi connectivity index (χ4v) is 3.18. The largest absolute Gasteiger partial charge is 0.465 e. The van der Waals surface area contributed by atoms with E-state index in [1.54, 1.807) is 6.92 Å². The van der Waals surface area contributed by atoms with Crippen molar-refractivity contribution in [1.29, 1.82) is 5.26 Å². The Morgan fingerprint density at radius 2 is 1.86 bits per heavy atom. The average molecular weight is 318 g/mol. The Bertz CT molecular complexity index is 474. The van der Waals surface area contributed by atoms with Crippen LogP contribution in [0.15, 0.2) is 0 Å². The van der Waals surface area contributed by atoms with Crippen molar-refractivity contribution in [3.8, 4) is 6.07 Å². The van der Waals surface area contributed by atoms with Crippen LogP contribution in [0.4, 0.5) is 0 Å². The number of hydrogen-bond acceptors (Lipinski definition) is 5. The number of carbonyl (C=O) groups excluding carboxylic acids is 1. The molecule has 1 unspecified atom stereocenters. The highest BCUT2D eigenvalue weighted by molar-refractivity contribution is 7.88. The third kappa shape index (κ3) is 5.29. The molecule has 0 spiro atoms. The molecule has 1 saturated heterocycles. The Morgan fingerprint density at radius 1 is 1.38 bits per heavy atom. The van der Waals surface area contributed by atoms with E-state index in [-0.39, 0.29) is 6.61 Å².